The van der Waals surface area contributed by atoms with Gasteiger partial charge in [0, 0.05) is 49.2 Å². The second kappa shape index (κ2) is 13.4. The summed E-state index contributed by atoms with van der Waals surface area (Å²) in [5.74, 6) is 0.764. The number of benzene rings is 9. The molecule has 0 unspecified atom stereocenters. The van der Waals surface area contributed by atoms with Crippen LogP contribution in [0.15, 0.2) is 217 Å². The molecule has 64 heavy (non-hydrogen) atoms. The molecule has 6 nitrogen and oxygen atoms in total. The van der Waals surface area contributed by atoms with E-state index in [2.05, 4.69) is 34.9 Å². The van der Waals surface area contributed by atoms with E-state index in [0.717, 1.165) is 60.6 Å². The number of fused-ring (bicyclic) bond motifs is 12. The molecule has 0 atom stereocenters. The first kappa shape index (κ1) is 28.0. The van der Waals surface area contributed by atoms with Gasteiger partial charge in [-0.25, -0.2) is 9.97 Å². The minimum absolute atomic E-state index is 0.185. The molecule has 0 fully saturated rings. The van der Waals surface area contributed by atoms with Crippen molar-refractivity contribution in [1.82, 2.24) is 23.7 Å². The fourth-order valence-corrected chi connectivity index (χ4v) is 9.85. The van der Waals surface area contributed by atoms with Crippen molar-refractivity contribution in [2.45, 2.75) is 0 Å². The number of furan rings is 1. The van der Waals surface area contributed by atoms with Crippen molar-refractivity contribution in [3.05, 3.63) is 212 Å². The molecular weight excluding hydrogens is 783 g/mol. The highest BCUT2D eigenvalue weighted by atomic mass is 16.3. The molecule has 298 valence electrons. The summed E-state index contributed by atoms with van der Waals surface area (Å²) in [6.07, 6.45) is 0. The van der Waals surface area contributed by atoms with E-state index in [9.17, 15) is 5.48 Å². The van der Waals surface area contributed by atoms with Gasteiger partial charge in [-0.15, -0.1) is 0 Å². The second-order valence-corrected chi connectivity index (χ2v) is 15.9. The molecule has 14 rings (SSSR count). The van der Waals surface area contributed by atoms with Crippen LogP contribution in [-0.4, -0.2) is 23.7 Å². The maximum absolute atomic E-state index is 9.45. The lowest BCUT2D eigenvalue weighted by Gasteiger charge is -2.19. The van der Waals surface area contributed by atoms with E-state index in [-0.39, 0.29) is 64.7 Å². The topological polar surface area (TPSA) is 53.7 Å². The van der Waals surface area contributed by atoms with Gasteiger partial charge in [0.2, 0.25) is 0 Å². The number of para-hydroxylation sites is 7. The van der Waals surface area contributed by atoms with E-state index in [1.807, 2.05) is 127 Å². The van der Waals surface area contributed by atoms with Gasteiger partial charge in [-0.3, -0.25) is 9.13 Å². The molecule has 0 aliphatic heterocycles. The van der Waals surface area contributed by atoms with Gasteiger partial charge in [-0.1, -0.05) is 145 Å². The highest BCUT2D eigenvalue weighted by Gasteiger charge is 2.25. The maximum atomic E-state index is 9.45. The third-order valence-electron chi connectivity index (χ3n) is 12.5. The molecule has 5 heterocycles. The largest absolute Gasteiger partial charge is 0.456 e. The highest BCUT2D eigenvalue weighted by Crippen LogP contribution is 2.43. The summed E-state index contributed by atoms with van der Waals surface area (Å²) in [6.45, 7) is 0. The second-order valence-electron chi connectivity index (χ2n) is 15.9. The van der Waals surface area contributed by atoms with Crippen LogP contribution in [-0.2, 0) is 0 Å². The molecule has 0 radical (unpaired) electrons. The van der Waals surface area contributed by atoms with Crippen molar-refractivity contribution in [3.63, 3.8) is 0 Å². The lowest BCUT2D eigenvalue weighted by molar-refractivity contribution is 0.669. The molecule has 6 heteroatoms. The molecule has 0 bridgehead atoms. The van der Waals surface area contributed by atoms with Crippen molar-refractivity contribution in [2.24, 2.45) is 0 Å². The van der Waals surface area contributed by atoms with Gasteiger partial charge >= 0.3 is 0 Å². The lowest BCUT2D eigenvalue weighted by Crippen LogP contribution is -2.08. The van der Waals surface area contributed by atoms with Crippen molar-refractivity contribution in [2.75, 3.05) is 0 Å². The van der Waals surface area contributed by atoms with Crippen LogP contribution in [0.25, 0.3) is 127 Å². The van der Waals surface area contributed by atoms with E-state index >= 15 is 0 Å². The van der Waals surface area contributed by atoms with Crippen molar-refractivity contribution in [3.8, 4) is 39.8 Å². The van der Waals surface area contributed by atoms with Crippen LogP contribution in [0.3, 0.4) is 0 Å². The summed E-state index contributed by atoms with van der Waals surface area (Å²) in [5.41, 5.74) is 7.97. The monoisotopic (exact) mass is 825 g/mol. The lowest BCUT2D eigenvalue weighted by atomic mass is 9.95. The summed E-state index contributed by atoms with van der Waals surface area (Å²) in [6, 6.07) is 50.8. The average molecular weight is 826 g/mol. The Morgan fingerprint density at radius 3 is 1.45 bits per heavy atom. The Bertz CT molecular complexity index is 4490. The van der Waals surface area contributed by atoms with Crippen molar-refractivity contribution < 1.29 is 15.4 Å². The quantitative estimate of drug-likeness (QED) is 0.174. The molecule has 0 amide bonds. The number of aromatic nitrogens is 5. The summed E-state index contributed by atoms with van der Waals surface area (Å²) in [7, 11) is 0. The zero-order valence-corrected chi connectivity index (χ0v) is 33.7. The van der Waals surface area contributed by atoms with Gasteiger partial charge in [0.05, 0.1) is 55.3 Å². The Morgan fingerprint density at radius 1 is 0.375 bits per heavy atom. The van der Waals surface area contributed by atoms with Gasteiger partial charge in [-0.2, -0.15) is 0 Å². The van der Waals surface area contributed by atoms with Crippen LogP contribution >= 0.6 is 0 Å². The van der Waals surface area contributed by atoms with E-state index < -0.39 is 12.1 Å². The Morgan fingerprint density at radius 2 is 0.859 bits per heavy atom. The van der Waals surface area contributed by atoms with E-state index in [4.69, 9.17) is 19.9 Å². The van der Waals surface area contributed by atoms with Crippen LogP contribution in [0.2, 0.25) is 0 Å². The van der Waals surface area contributed by atoms with Gasteiger partial charge in [0.15, 0.2) is 5.82 Å². The van der Waals surface area contributed by atoms with Crippen molar-refractivity contribution >= 4 is 87.4 Å². The number of nitrogens with zero attached hydrogens (tertiary/aromatic N) is 5. The number of hydrogen-bond donors (Lipinski definition) is 0. The minimum Gasteiger partial charge on any atom is -0.456 e. The van der Waals surface area contributed by atoms with Crippen LogP contribution in [0.5, 0.6) is 0 Å². The van der Waals surface area contributed by atoms with Crippen molar-refractivity contribution in [1.29, 1.82) is 0 Å². The first-order chi connectivity index (χ1) is 35.1. The fourth-order valence-electron chi connectivity index (χ4n) is 9.85. The summed E-state index contributed by atoms with van der Waals surface area (Å²) in [5, 5.41) is 5.83. The third kappa shape index (κ3) is 4.96. The Hall–Kier alpha value is -8.74. The van der Waals surface area contributed by atoms with E-state index in [1.54, 1.807) is 15.2 Å². The minimum atomic E-state index is -0.398. The molecular formula is C58H35N5O. The zero-order valence-electron chi connectivity index (χ0n) is 41.7. The van der Waals surface area contributed by atoms with Gasteiger partial charge in [-0.05, 0) is 71.7 Å². The van der Waals surface area contributed by atoms with Crippen LogP contribution in [0.1, 0.15) is 11.0 Å². The molecule has 0 aliphatic carbocycles. The molecule has 0 saturated heterocycles. The zero-order chi connectivity index (χ0) is 48.8. The van der Waals surface area contributed by atoms with Gasteiger partial charge in [0.25, 0.3) is 0 Å². The molecule has 0 saturated carbocycles. The molecule has 0 N–H and O–H groups in total. The summed E-state index contributed by atoms with van der Waals surface area (Å²) >= 11 is 0. The Balaban J connectivity index is 1.19. The molecule has 0 aliphatic rings. The third-order valence-corrected chi connectivity index (χ3v) is 12.5. The van der Waals surface area contributed by atoms with E-state index in [1.165, 1.54) is 0 Å². The smallest absolute Gasteiger partial charge is 0.166 e. The molecule has 14 aromatic rings. The van der Waals surface area contributed by atoms with Gasteiger partial charge < -0.3 is 8.98 Å². The number of rotatable bonds is 5. The normalized spacial score (nSPS) is 13.8. The molecule has 5 aromatic heterocycles. The highest BCUT2D eigenvalue weighted by molar-refractivity contribution is 6.12. The summed E-state index contributed by atoms with van der Waals surface area (Å²) < 4.78 is 84.7. The van der Waals surface area contributed by atoms with Crippen LogP contribution < -0.4 is 0 Å². The Labute approximate surface area is 377 Å². The van der Waals surface area contributed by atoms with Crippen LogP contribution in [0, 0.1) is 0 Å². The van der Waals surface area contributed by atoms with Crippen LogP contribution in [0.4, 0.5) is 0 Å². The average Bonchev–Trinajstić information content (AvgIpc) is 4.17. The number of hydrogen-bond acceptors (Lipinski definition) is 3. The molecule has 9 aromatic carbocycles. The maximum Gasteiger partial charge on any atom is 0.166 e. The fraction of sp³-hybridized carbons (Fsp3) is 0. The van der Waals surface area contributed by atoms with Gasteiger partial charge in [0.1, 0.15) is 22.8 Å². The van der Waals surface area contributed by atoms with E-state index in [0.29, 0.717) is 38.1 Å². The first-order valence-electron chi connectivity index (χ1n) is 25.0. The SMILES string of the molecule is [2H]c1c([2H])c([2H])c2c(c1[2H])c1ccccc1n2-c1cc(-n2c3ccccc3c3c([2H])c([2H])c([2H])c([2H])c32)nc(-c2c(-c3ccc4oc5ccccc5c4c3)cccc2-n2c3ccccc3c3ccccc32)n1. The standard InChI is InChI=1S/C58H35N5O/c1-8-24-46-38(16-1)39-17-2-9-25-47(39)61(46)52-30-15-23-37(36-32-33-54-45(34-36)44-22-7-14-31-53(44)64-54)57(52)58-59-55(62-48-26-10-3-18-40(48)41-19-4-11-27-49(41)62)35-56(60-58)63-50-28-12-5-20-42(50)43-21-6-13-29-51(43)63/h1-35H/i3D,5D,10D,12D,18D,20D,26D,28D. The predicted octanol–water partition coefficient (Wildman–Crippen LogP) is 15.0. The predicted molar refractivity (Wildman–Crippen MR) is 263 cm³/mol. The first-order valence-corrected chi connectivity index (χ1v) is 21.0. The summed E-state index contributed by atoms with van der Waals surface area (Å²) in [4.78, 5) is 11.1. The molecule has 0 spiro atoms. The Kier molecular flexibility index (Phi) is 5.85.